The molecule has 5 heteroatoms. The van der Waals surface area contributed by atoms with E-state index < -0.39 is 5.97 Å². The number of carboxylic acid groups (broad SMARTS) is 1. The molecule has 1 rings (SSSR count). The molecular weight excluding hydrogens is 194 g/mol. The van der Waals surface area contributed by atoms with Crippen LogP contribution in [0.2, 0.25) is 0 Å². The molecule has 0 spiro atoms. The predicted octanol–water partition coefficient (Wildman–Crippen LogP) is 1.31. The molecule has 0 amide bonds. The fraction of sp³-hybridized carbons (Fsp3) is 0.500. The third-order valence-corrected chi connectivity index (χ3v) is 1.59. The Morgan fingerprint density at radius 1 is 1.47 bits per heavy atom. The zero-order valence-electron chi connectivity index (χ0n) is 8.89. The monoisotopic (exact) mass is 211 g/mol. The summed E-state index contributed by atoms with van der Waals surface area (Å²) >= 11 is 0. The molecule has 5 nitrogen and oxygen atoms in total. The van der Waals surface area contributed by atoms with Crippen LogP contribution in [-0.4, -0.2) is 27.6 Å². The number of carbonyl (C=O) groups is 1. The molecule has 0 atom stereocenters. The summed E-state index contributed by atoms with van der Waals surface area (Å²) in [6.45, 7) is 3.03. The Bertz CT molecular complexity index is 261. The molecular formula is C10H17N3O2. The van der Waals surface area contributed by atoms with Crippen LogP contribution in [0.3, 0.4) is 0 Å². The van der Waals surface area contributed by atoms with Crippen molar-refractivity contribution in [1.29, 1.82) is 0 Å². The number of nitrogens with two attached hydrogens (primary N) is 1. The molecule has 0 aromatic carbocycles. The van der Waals surface area contributed by atoms with Gasteiger partial charge in [0.05, 0.1) is 6.20 Å². The quantitative estimate of drug-likeness (QED) is 0.733. The Morgan fingerprint density at radius 2 is 2.20 bits per heavy atom. The van der Waals surface area contributed by atoms with Gasteiger partial charge in [0, 0.05) is 12.4 Å². The van der Waals surface area contributed by atoms with Gasteiger partial charge in [-0.1, -0.05) is 19.8 Å². The highest BCUT2D eigenvalue weighted by atomic mass is 16.4. The van der Waals surface area contributed by atoms with E-state index in [0.29, 0.717) is 0 Å². The van der Waals surface area contributed by atoms with Gasteiger partial charge in [-0.2, -0.15) is 0 Å². The average Bonchev–Trinajstić information content (AvgIpc) is 2.28. The molecule has 1 aromatic heterocycles. The lowest BCUT2D eigenvalue weighted by atomic mass is 10.3. The summed E-state index contributed by atoms with van der Waals surface area (Å²) in [6.07, 6.45) is 7.71. The molecule has 0 radical (unpaired) electrons. The second kappa shape index (κ2) is 9.08. The average molecular weight is 211 g/mol. The van der Waals surface area contributed by atoms with Crippen LogP contribution in [0, 0.1) is 0 Å². The lowest BCUT2D eigenvalue weighted by molar-refractivity contribution is 0.0690. The zero-order chi connectivity index (χ0) is 11.5. The van der Waals surface area contributed by atoms with Crippen molar-refractivity contribution in [2.75, 3.05) is 6.54 Å². The minimum absolute atomic E-state index is 0.0301. The van der Waals surface area contributed by atoms with E-state index in [-0.39, 0.29) is 5.69 Å². The molecule has 1 aromatic rings. The number of hydrogen-bond donors (Lipinski definition) is 2. The smallest absolute Gasteiger partial charge is 0.356 e. The standard InChI is InChI=1S/C5H4N2O2.C5H13N/c8-5(9)4-3-6-1-2-7-4;1-2-3-4-5-6/h1-3H,(H,8,9);2-6H2,1H3. The fourth-order valence-corrected chi connectivity index (χ4v) is 0.804. The first kappa shape index (κ1) is 13.5. The number of hydrogen-bond acceptors (Lipinski definition) is 4. The molecule has 0 aliphatic heterocycles. The Hall–Kier alpha value is -1.49. The SMILES string of the molecule is CCCCCN.O=C(O)c1cnccn1. The number of rotatable bonds is 4. The maximum atomic E-state index is 10.1. The molecule has 15 heavy (non-hydrogen) atoms. The zero-order valence-corrected chi connectivity index (χ0v) is 8.89. The van der Waals surface area contributed by atoms with Gasteiger partial charge in [-0.3, -0.25) is 4.98 Å². The van der Waals surface area contributed by atoms with E-state index in [4.69, 9.17) is 10.8 Å². The Balaban J connectivity index is 0.000000288. The van der Waals surface area contributed by atoms with Gasteiger partial charge < -0.3 is 10.8 Å². The van der Waals surface area contributed by atoms with E-state index in [0.717, 1.165) is 6.54 Å². The minimum atomic E-state index is -1.05. The van der Waals surface area contributed by atoms with E-state index in [2.05, 4.69) is 16.9 Å². The maximum absolute atomic E-state index is 10.1. The Morgan fingerprint density at radius 3 is 2.47 bits per heavy atom. The van der Waals surface area contributed by atoms with E-state index in [9.17, 15) is 4.79 Å². The largest absolute Gasteiger partial charge is 0.476 e. The molecule has 0 unspecified atom stereocenters. The van der Waals surface area contributed by atoms with Crippen molar-refractivity contribution >= 4 is 5.97 Å². The van der Waals surface area contributed by atoms with Crippen LogP contribution in [0.25, 0.3) is 0 Å². The molecule has 0 aliphatic rings. The molecule has 0 aliphatic carbocycles. The molecule has 84 valence electrons. The second-order valence-electron chi connectivity index (χ2n) is 2.89. The van der Waals surface area contributed by atoms with Gasteiger partial charge >= 0.3 is 5.97 Å². The molecule has 3 N–H and O–H groups in total. The van der Waals surface area contributed by atoms with Crippen LogP contribution in [0.4, 0.5) is 0 Å². The highest BCUT2D eigenvalue weighted by Gasteiger charge is 2.00. The van der Waals surface area contributed by atoms with Crippen LogP contribution in [0.15, 0.2) is 18.6 Å². The van der Waals surface area contributed by atoms with E-state index >= 15 is 0 Å². The van der Waals surface area contributed by atoms with Crippen molar-refractivity contribution in [2.24, 2.45) is 5.73 Å². The third-order valence-electron chi connectivity index (χ3n) is 1.59. The highest BCUT2D eigenvalue weighted by Crippen LogP contribution is 1.88. The topological polar surface area (TPSA) is 89.1 Å². The summed E-state index contributed by atoms with van der Waals surface area (Å²) in [5, 5.41) is 8.28. The van der Waals surface area contributed by atoms with Crippen molar-refractivity contribution in [3.63, 3.8) is 0 Å². The van der Waals surface area contributed by atoms with Crippen LogP contribution >= 0.6 is 0 Å². The fourth-order valence-electron chi connectivity index (χ4n) is 0.804. The Kier molecular flexibility index (Phi) is 8.18. The summed E-state index contributed by atoms with van der Waals surface area (Å²) in [5.74, 6) is -1.05. The van der Waals surface area contributed by atoms with Gasteiger partial charge in [0.25, 0.3) is 0 Å². The van der Waals surface area contributed by atoms with E-state index in [1.165, 1.54) is 37.9 Å². The number of unbranched alkanes of at least 4 members (excludes halogenated alkanes) is 2. The van der Waals surface area contributed by atoms with Crippen LogP contribution in [0.5, 0.6) is 0 Å². The molecule has 0 saturated carbocycles. The predicted molar refractivity (Wildman–Crippen MR) is 57.6 cm³/mol. The second-order valence-corrected chi connectivity index (χ2v) is 2.89. The summed E-state index contributed by atoms with van der Waals surface area (Å²) in [6, 6.07) is 0. The number of nitrogens with zero attached hydrogens (tertiary/aromatic N) is 2. The normalized spacial score (nSPS) is 8.93. The van der Waals surface area contributed by atoms with Crippen LogP contribution < -0.4 is 5.73 Å². The van der Waals surface area contributed by atoms with Gasteiger partial charge in [0.15, 0.2) is 5.69 Å². The number of carboxylic acids is 1. The first-order valence-electron chi connectivity index (χ1n) is 4.91. The molecule has 0 fully saturated rings. The first-order valence-corrected chi connectivity index (χ1v) is 4.91. The molecule has 1 heterocycles. The van der Waals surface area contributed by atoms with Gasteiger partial charge in [-0.15, -0.1) is 0 Å². The van der Waals surface area contributed by atoms with Crippen LogP contribution in [-0.2, 0) is 0 Å². The number of aromatic nitrogens is 2. The summed E-state index contributed by atoms with van der Waals surface area (Å²) < 4.78 is 0. The van der Waals surface area contributed by atoms with E-state index in [1.54, 1.807) is 0 Å². The summed E-state index contributed by atoms with van der Waals surface area (Å²) in [7, 11) is 0. The lowest BCUT2D eigenvalue weighted by Gasteiger charge is -1.86. The molecule has 0 saturated heterocycles. The maximum Gasteiger partial charge on any atom is 0.356 e. The van der Waals surface area contributed by atoms with Crippen molar-refractivity contribution < 1.29 is 9.90 Å². The third kappa shape index (κ3) is 7.57. The lowest BCUT2D eigenvalue weighted by Crippen LogP contribution is -1.99. The van der Waals surface area contributed by atoms with Crippen LogP contribution in [0.1, 0.15) is 36.7 Å². The summed E-state index contributed by atoms with van der Waals surface area (Å²) in [5.41, 5.74) is 5.18. The van der Waals surface area contributed by atoms with Crippen molar-refractivity contribution in [1.82, 2.24) is 9.97 Å². The van der Waals surface area contributed by atoms with Crippen molar-refractivity contribution in [3.8, 4) is 0 Å². The van der Waals surface area contributed by atoms with Crippen molar-refractivity contribution in [3.05, 3.63) is 24.3 Å². The first-order chi connectivity index (χ1) is 7.22. The highest BCUT2D eigenvalue weighted by molar-refractivity contribution is 5.84. The van der Waals surface area contributed by atoms with E-state index in [1.807, 2.05) is 0 Å². The number of aromatic carboxylic acids is 1. The molecule has 0 bridgehead atoms. The van der Waals surface area contributed by atoms with Gasteiger partial charge in [-0.25, -0.2) is 9.78 Å². The Labute approximate surface area is 89.4 Å². The van der Waals surface area contributed by atoms with Gasteiger partial charge in [0.1, 0.15) is 0 Å². The van der Waals surface area contributed by atoms with Crippen molar-refractivity contribution in [2.45, 2.75) is 26.2 Å². The van der Waals surface area contributed by atoms with Gasteiger partial charge in [-0.05, 0) is 13.0 Å². The van der Waals surface area contributed by atoms with Gasteiger partial charge in [0.2, 0.25) is 0 Å². The summed E-state index contributed by atoms with van der Waals surface area (Å²) in [4.78, 5) is 17.2. The minimum Gasteiger partial charge on any atom is -0.476 e.